The number of nitrogens with two attached hydrogens (primary N) is 1. The average Bonchev–Trinajstić information content (AvgIpc) is 2.80. The minimum atomic E-state index is -4.66. The Morgan fingerprint density at radius 2 is 1.83 bits per heavy atom. The molecule has 0 amide bonds. The van der Waals surface area contributed by atoms with Gasteiger partial charge in [0.15, 0.2) is 11.6 Å². The number of alkyl halides is 3. The van der Waals surface area contributed by atoms with Crippen molar-refractivity contribution in [2.45, 2.75) is 59.4 Å². The molecule has 0 aliphatic carbocycles. The predicted octanol–water partition coefficient (Wildman–Crippen LogP) is 7.79. The number of allylic oxidation sites excluding steroid dienone is 1. The molecule has 0 radical (unpaired) electrons. The molecule has 1 unspecified atom stereocenters. The van der Waals surface area contributed by atoms with Crippen molar-refractivity contribution in [3.63, 3.8) is 0 Å². The lowest BCUT2D eigenvalue weighted by Crippen LogP contribution is -2.42. The molecule has 0 spiro atoms. The van der Waals surface area contributed by atoms with E-state index in [9.17, 15) is 17.6 Å². The molecule has 1 atom stereocenters. The number of nitrogens with zero attached hydrogens (tertiary/aromatic N) is 1. The van der Waals surface area contributed by atoms with Crippen LogP contribution in [0.15, 0.2) is 40.9 Å². The number of rotatable bonds is 9. The number of aliphatic imine (C=N–C) groups is 1. The van der Waals surface area contributed by atoms with Gasteiger partial charge in [-0.1, -0.05) is 41.9 Å². The van der Waals surface area contributed by atoms with Crippen molar-refractivity contribution in [1.29, 1.82) is 0 Å². The van der Waals surface area contributed by atoms with E-state index in [0.29, 0.717) is 10.6 Å². The summed E-state index contributed by atoms with van der Waals surface area (Å²) in [6, 6.07) is 5.90. The zero-order valence-corrected chi connectivity index (χ0v) is 22.7. The van der Waals surface area contributed by atoms with Gasteiger partial charge in [-0.15, -0.1) is 0 Å². The maximum Gasteiger partial charge on any atom is 0.406 e. The first-order valence-corrected chi connectivity index (χ1v) is 12.5. The van der Waals surface area contributed by atoms with E-state index < -0.39 is 30.4 Å². The summed E-state index contributed by atoms with van der Waals surface area (Å²) in [6.45, 7) is 9.00. The topological polar surface area (TPSA) is 56.8 Å². The molecule has 0 aliphatic heterocycles. The van der Waals surface area contributed by atoms with E-state index >= 15 is 0 Å². The van der Waals surface area contributed by atoms with Crippen molar-refractivity contribution in [1.82, 2.24) is 0 Å². The second-order valence-corrected chi connectivity index (χ2v) is 9.87. The highest BCUT2D eigenvalue weighted by atomic mass is 35.5. The van der Waals surface area contributed by atoms with E-state index in [1.165, 1.54) is 11.8 Å². The summed E-state index contributed by atoms with van der Waals surface area (Å²) >= 11 is 7.73. The van der Waals surface area contributed by atoms with Crippen LogP contribution < -0.4 is 15.2 Å². The van der Waals surface area contributed by atoms with Crippen molar-refractivity contribution in [3.8, 4) is 11.5 Å². The Balaban J connectivity index is 2.37. The van der Waals surface area contributed by atoms with Gasteiger partial charge in [0, 0.05) is 23.6 Å². The highest BCUT2D eigenvalue weighted by Crippen LogP contribution is 2.39. The minimum Gasteiger partial charge on any atom is -0.491 e. The highest BCUT2D eigenvalue weighted by molar-refractivity contribution is 8.22. The first-order chi connectivity index (χ1) is 16.8. The molecule has 0 aromatic heterocycles. The first kappa shape index (κ1) is 30.0. The van der Waals surface area contributed by atoms with Crippen LogP contribution in [0.3, 0.4) is 0 Å². The van der Waals surface area contributed by atoms with Crippen LogP contribution in [-0.2, 0) is 0 Å². The first-order valence-electron chi connectivity index (χ1n) is 11.3. The van der Waals surface area contributed by atoms with Gasteiger partial charge in [-0.2, -0.15) is 13.2 Å². The van der Waals surface area contributed by atoms with Crippen LogP contribution >= 0.6 is 23.4 Å². The molecule has 0 fully saturated rings. The fourth-order valence-corrected chi connectivity index (χ4v) is 4.55. The van der Waals surface area contributed by atoms with Crippen LogP contribution in [0.2, 0.25) is 5.02 Å². The summed E-state index contributed by atoms with van der Waals surface area (Å²) in [6.07, 6.45) is -3.84. The van der Waals surface area contributed by atoms with Gasteiger partial charge in [-0.05, 0) is 63.4 Å². The summed E-state index contributed by atoms with van der Waals surface area (Å²) in [7, 11) is 1.56. The number of benzene rings is 2. The Labute approximate surface area is 218 Å². The van der Waals surface area contributed by atoms with Crippen LogP contribution in [0.1, 0.15) is 50.8 Å². The van der Waals surface area contributed by atoms with Gasteiger partial charge in [-0.3, -0.25) is 4.99 Å². The van der Waals surface area contributed by atoms with E-state index in [-0.39, 0.29) is 11.1 Å². The predicted molar refractivity (Wildman–Crippen MR) is 141 cm³/mol. The van der Waals surface area contributed by atoms with Crippen LogP contribution in [-0.4, -0.2) is 37.0 Å². The lowest BCUT2D eigenvalue weighted by Gasteiger charge is -2.18. The largest absolute Gasteiger partial charge is 0.491 e. The van der Waals surface area contributed by atoms with Crippen molar-refractivity contribution in [2.75, 3.05) is 13.7 Å². The zero-order valence-electron chi connectivity index (χ0n) is 21.1. The second-order valence-electron chi connectivity index (χ2n) is 8.46. The van der Waals surface area contributed by atoms with Crippen LogP contribution in [0.4, 0.5) is 17.6 Å². The van der Waals surface area contributed by atoms with Gasteiger partial charge in [0.05, 0.1) is 11.1 Å². The SMILES string of the molecule is CC/C(C)=C(/SC(=NC)c1cc(F)c(OCC(N)C(F)(F)F)cc1Cl)c1ccc(OC(C)C)c(C)c1. The van der Waals surface area contributed by atoms with E-state index in [4.69, 9.17) is 26.8 Å². The maximum atomic E-state index is 14.8. The smallest absolute Gasteiger partial charge is 0.406 e. The van der Waals surface area contributed by atoms with Crippen molar-refractivity contribution in [3.05, 3.63) is 63.4 Å². The van der Waals surface area contributed by atoms with Crippen LogP contribution in [0.25, 0.3) is 4.91 Å². The van der Waals surface area contributed by atoms with Crippen molar-refractivity contribution >= 4 is 33.3 Å². The molecule has 2 aromatic rings. The number of hydrogen-bond donors (Lipinski definition) is 1. The third-order valence-corrected chi connectivity index (χ3v) is 6.91. The number of ether oxygens (including phenoxy) is 2. The minimum absolute atomic E-state index is 0.0448. The zero-order chi connectivity index (χ0) is 27.2. The van der Waals surface area contributed by atoms with E-state index in [1.54, 1.807) is 7.05 Å². The quantitative estimate of drug-likeness (QED) is 0.198. The summed E-state index contributed by atoms with van der Waals surface area (Å²) < 4.78 is 63.5. The molecule has 10 heteroatoms. The van der Waals surface area contributed by atoms with Gasteiger partial charge in [0.2, 0.25) is 0 Å². The van der Waals surface area contributed by atoms with Gasteiger partial charge in [-0.25, -0.2) is 4.39 Å². The molecule has 2 N–H and O–H groups in total. The highest BCUT2D eigenvalue weighted by Gasteiger charge is 2.37. The fourth-order valence-electron chi connectivity index (χ4n) is 3.12. The molecule has 36 heavy (non-hydrogen) atoms. The molecule has 0 heterocycles. The molecule has 2 rings (SSSR count). The normalized spacial score (nSPS) is 14.1. The summed E-state index contributed by atoms with van der Waals surface area (Å²) in [5.41, 5.74) is 8.36. The number of hydrogen-bond acceptors (Lipinski definition) is 5. The summed E-state index contributed by atoms with van der Waals surface area (Å²) in [5.74, 6) is -0.488. The Bertz CT molecular complexity index is 1130. The molecule has 198 valence electrons. The fraction of sp³-hybridized carbons (Fsp3) is 0.423. The van der Waals surface area contributed by atoms with Gasteiger partial charge >= 0.3 is 6.18 Å². The molecular weight excluding hydrogens is 516 g/mol. The van der Waals surface area contributed by atoms with Crippen molar-refractivity contribution in [2.24, 2.45) is 10.7 Å². The number of halogens is 5. The van der Waals surface area contributed by atoms with Crippen LogP contribution in [0, 0.1) is 12.7 Å². The Kier molecular flexibility index (Phi) is 10.7. The lowest BCUT2D eigenvalue weighted by atomic mass is 10.1. The lowest BCUT2D eigenvalue weighted by molar-refractivity contribution is -0.153. The third kappa shape index (κ3) is 7.88. The van der Waals surface area contributed by atoms with E-state index in [1.807, 2.05) is 52.8 Å². The maximum absolute atomic E-state index is 14.8. The number of aryl methyl sites for hydroxylation is 1. The monoisotopic (exact) mass is 546 g/mol. The molecule has 4 nitrogen and oxygen atoms in total. The van der Waals surface area contributed by atoms with Crippen LogP contribution in [0.5, 0.6) is 11.5 Å². The molecule has 0 bridgehead atoms. The van der Waals surface area contributed by atoms with Crippen molar-refractivity contribution < 1.29 is 27.0 Å². The summed E-state index contributed by atoms with van der Waals surface area (Å²) in [4.78, 5) is 5.25. The number of thioether (sulfide) groups is 1. The van der Waals surface area contributed by atoms with Gasteiger partial charge in [0.1, 0.15) is 23.4 Å². The van der Waals surface area contributed by atoms with E-state index in [0.717, 1.165) is 45.9 Å². The Morgan fingerprint density at radius 3 is 2.36 bits per heavy atom. The molecule has 0 saturated carbocycles. The Hall–Kier alpha value is -2.23. The van der Waals surface area contributed by atoms with Gasteiger partial charge < -0.3 is 15.2 Å². The van der Waals surface area contributed by atoms with E-state index in [2.05, 4.69) is 4.99 Å². The standard InChI is InChI=1S/C26H31ClF4N2O2S/c1-7-15(4)24(17-8-9-21(16(5)10-17)35-14(2)3)36-25(33-6)18-11-20(28)22(12-19(18)27)34-13-23(32)26(29,30)31/h8-12,14,23H,7,13,32H2,1-6H3/b24-15+,33-25?. The second kappa shape index (κ2) is 12.8. The summed E-state index contributed by atoms with van der Waals surface area (Å²) in [5, 5.41) is 0.533. The molecule has 0 saturated heterocycles. The average molecular weight is 547 g/mol. The molecular formula is C26H31ClF4N2O2S. The molecule has 2 aromatic carbocycles. The Morgan fingerprint density at radius 1 is 1.17 bits per heavy atom. The molecule has 0 aliphatic rings. The third-order valence-electron chi connectivity index (χ3n) is 5.21. The van der Waals surface area contributed by atoms with Gasteiger partial charge in [0.25, 0.3) is 0 Å².